The van der Waals surface area contributed by atoms with Crippen molar-refractivity contribution in [3.63, 3.8) is 0 Å². The third-order valence-corrected chi connectivity index (χ3v) is 8.89. The van der Waals surface area contributed by atoms with Crippen LogP contribution in [0.15, 0.2) is 48.5 Å². The van der Waals surface area contributed by atoms with Crippen molar-refractivity contribution in [3.05, 3.63) is 85.8 Å². The second-order valence-electron chi connectivity index (χ2n) is 12.8. The van der Waals surface area contributed by atoms with Gasteiger partial charge in [0.2, 0.25) is 11.0 Å². The van der Waals surface area contributed by atoms with Gasteiger partial charge in [-0.1, -0.05) is 101 Å². The Morgan fingerprint density at radius 1 is 0.619 bits per heavy atom. The minimum atomic E-state index is -0.0924. The summed E-state index contributed by atoms with van der Waals surface area (Å²) in [5, 5.41) is 22.9. The van der Waals surface area contributed by atoms with Crippen molar-refractivity contribution < 1.29 is 9.59 Å². The number of amides is 1. The normalized spacial score (nSPS) is 12.0. The van der Waals surface area contributed by atoms with Crippen molar-refractivity contribution in [3.8, 4) is 0 Å². The van der Waals surface area contributed by atoms with Crippen LogP contribution >= 0.6 is 22.7 Å². The average Bonchev–Trinajstić information content (AvgIpc) is 3.55. The zero-order chi connectivity index (χ0) is 30.3. The summed E-state index contributed by atoms with van der Waals surface area (Å²) in [5.41, 5.74) is 4.70. The number of rotatable bonds is 12. The summed E-state index contributed by atoms with van der Waals surface area (Å²) < 4.78 is 0. The van der Waals surface area contributed by atoms with E-state index in [0.717, 1.165) is 51.8 Å². The standard InChI is InChI=1S/C33H41N5O2S2/c1-32(2,3)24-15-11-22(12-16-24)19-26(39)21-30-37-35-28(41-30)9-7-8-10-29-36-38-31(42-29)34-27(40)20-23-13-17-25(18-14-23)33(4,5)6/h11-18H,7-10,19-21H2,1-6H3,(H,34,38,40). The van der Waals surface area contributed by atoms with Gasteiger partial charge in [-0.2, -0.15) is 0 Å². The van der Waals surface area contributed by atoms with Gasteiger partial charge in [-0.15, -0.1) is 31.7 Å². The van der Waals surface area contributed by atoms with Gasteiger partial charge in [0.05, 0.1) is 12.8 Å². The van der Waals surface area contributed by atoms with Crippen LogP contribution in [0.4, 0.5) is 5.13 Å². The number of Topliss-reactive ketones (excluding diaryl/α,β-unsaturated/α-hetero) is 1. The van der Waals surface area contributed by atoms with E-state index in [9.17, 15) is 9.59 Å². The quantitative estimate of drug-likeness (QED) is 0.174. The van der Waals surface area contributed by atoms with E-state index in [2.05, 4.69) is 91.5 Å². The topological polar surface area (TPSA) is 97.7 Å². The Kier molecular flexibility index (Phi) is 10.4. The summed E-state index contributed by atoms with van der Waals surface area (Å²) in [6.45, 7) is 13.1. The number of hydrogen-bond acceptors (Lipinski definition) is 8. The van der Waals surface area contributed by atoms with Crippen LogP contribution in [-0.4, -0.2) is 32.1 Å². The van der Waals surface area contributed by atoms with Crippen molar-refractivity contribution in [1.82, 2.24) is 20.4 Å². The SMILES string of the molecule is CC(C)(C)c1ccc(CC(=O)Cc2nnc(CCCCc3nnc(NC(=O)Cc4ccc(C(C)(C)C)cc4)s3)s2)cc1. The molecular weight excluding hydrogens is 563 g/mol. The number of anilines is 1. The van der Waals surface area contributed by atoms with E-state index in [-0.39, 0.29) is 22.5 Å². The lowest BCUT2D eigenvalue weighted by molar-refractivity contribution is -0.118. The summed E-state index contributed by atoms with van der Waals surface area (Å²) >= 11 is 2.94. The number of nitrogens with one attached hydrogen (secondary N) is 1. The maximum absolute atomic E-state index is 12.6. The van der Waals surface area contributed by atoms with Gasteiger partial charge in [-0.3, -0.25) is 9.59 Å². The van der Waals surface area contributed by atoms with Crippen LogP contribution < -0.4 is 5.32 Å². The van der Waals surface area contributed by atoms with E-state index in [1.807, 2.05) is 24.3 Å². The molecule has 2 aromatic carbocycles. The third-order valence-electron chi connectivity index (χ3n) is 7.01. The van der Waals surface area contributed by atoms with Gasteiger partial charge in [-0.05, 0) is 45.9 Å². The first kappa shape index (κ1) is 31.6. The van der Waals surface area contributed by atoms with E-state index in [4.69, 9.17) is 0 Å². The van der Waals surface area contributed by atoms with Crippen LogP contribution in [-0.2, 0) is 52.5 Å². The molecule has 0 saturated heterocycles. The Morgan fingerprint density at radius 3 is 1.64 bits per heavy atom. The van der Waals surface area contributed by atoms with E-state index in [1.165, 1.54) is 33.8 Å². The highest BCUT2D eigenvalue weighted by Crippen LogP contribution is 2.24. The molecule has 1 N–H and O–H groups in total. The van der Waals surface area contributed by atoms with Gasteiger partial charge in [-0.25, -0.2) is 0 Å². The van der Waals surface area contributed by atoms with E-state index >= 15 is 0 Å². The summed E-state index contributed by atoms with van der Waals surface area (Å²) in [7, 11) is 0. The molecule has 0 saturated carbocycles. The zero-order valence-electron chi connectivity index (χ0n) is 25.5. The molecule has 42 heavy (non-hydrogen) atoms. The summed E-state index contributed by atoms with van der Waals surface area (Å²) in [5.74, 6) is 0.0593. The number of aryl methyl sites for hydroxylation is 2. The molecule has 4 rings (SSSR count). The van der Waals surface area contributed by atoms with Crippen LogP contribution in [0.25, 0.3) is 0 Å². The third kappa shape index (κ3) is 9.63. The smallest absolute Gasteiger partial charge is 0.230 e. The molecular formula is C33H41N5O2S2. The van der Waals surface area contributed by atoms with Crippen molar-refractivity contribution in [2.45, 2.75) is 97.3 Å². The molecule has 0 radical (unpaired) electrons. The van der Waals surface area contributed by atoms with E-state index in [0.29, 0.717) is 24.4 Å². The molecule has 0 aliphatic carbocycles. The number of nitrogens with zero attached hydrogens (tertiary/aromatic N) is 4. The highest BCUT2D eigenvalue weighted by Gasteiger charge is 2.16. The number of carbonyl (C=O) groups excluding carboxylic acids is 2. The molecule has 0 aliphatic heterocycles. The number of aromatic nitrogens is 4. The lowest BCUT2D eigenvalue weighted by Crippen LogP contribution is -2.15. The highest BCUT2D eigenvalue weighted by atomic mass is 32.1. The average molecular weight is 604 g/mol. The first-order chi connectivity index (χ1) is 19.8. The summed E-state index contributed by atoms with van der Waals surface area (Å²) in [6.07, 6.45) is 4.51. The lowest BCUT2D eigenvalue weighted by atomic mass is 9.86. The summed E-state index contributed by atoms with van der Waals surface area (Å²) in [6, 6.07) is 16.5. The molecule has 0 atom stereocenters. The maximum Gasteiger partial charge on any atom is 0.230 e. The van der Waals surface area contributed by atoms with Crippen molar-refractivity contribution in [1.29, 1.82) is 0 Å². The van der Waals surface area contributed by atoms with Crippen molar-refractivity contribution >= 4 is 39.5 Å². The predicted molar refractivity (Wildman–Crippen MR) is 171 cm³/mol. The number of benzene rings is 2. The van der Waals surface area contributed by atoms with Crippen LogP contribution in [0.5, 0.6) is 0 Å². The van der Waals surface area contributed by atoms with Crippen molar-refractivity contribution in [2.75, 3.05) is 5.32 Å². The van der Waals surface area contributed by atoms with Crippen LogP contribution in [0.3, 0.4) is 0 Å². The number of unbranched alkanes of at least 4 members (excludes halogenated alkanes) is 1. The fourth-order valence-electron chi connectivity index (χ4n) is 4.47. The van der Waals surface area contributed by atoms with Crippen LogP contribution in [0, 0.1) is 0 Å². The number of ketones is 1. The second kappa shape index (κ2) is 13.8. The molecule has 0 unspecified atom stereocenters. The molecule has 9 heteroatoms. The monoisotopic (exact) mass is 603 g/mol. The van der Waals surface area contributed by atoms with Gasteiger partial charge < -0.3 is 5.32 Å². The second-order valence-corrected chi connectivity index (χ2v) is 15.0. The minimum absolute atomic E-state index is 0.0877. The Bertz CT molecular complexity index is 1360. The van der Waals surface area contributed by atoms with Gasteiger partial charge >= 0.3 is 0 Å². The Labute approximate surface area is 257 Å². The van der Waals surface area contributed by atoms with E-state index in [1.54, 1.807) is 0 Å². The largest absolute Gasteiger partial charge is 0.300 e. The Hall–Kier alpha value is -3.30. The molecule has 0 spiro atoms. The molecule has 4 aromatic rings. The molecule has 0 bridgehead atoms. The summed E-state index contributed by atoms with van der Waals surface area (Å²) in [4.78, 5) is 25.1. The molecule has 222 valence electrons. The lowest BCUT2D eigenvalue weighted by Gasteiger charge is -2.19. The minimum Gasteiger partial charge on any atom is -0.300 e. The van der Waals surface area contributed by atoms with Crippen molar-refractivity contribution in [2.24, 2.45) is 0 Å². The fourth-order valence-corrected chi connectivity index (χ4v) is 6.18. The van der Waals surface area contributed by atoms with Gasteiger partial charge in [0.1, 0.15) is 20.8 Å². The molecule has 7 nitrogen and oxygen atoms in total. The molecule has 2 heterocycles. The first-order valence-electron chi connectivity index (χ1n) is 14.5. The Balaban J connectivity index is 1.15. The van der Waals surface area contributed by atoms with E-state index < -0.39 is 0 Å². The molecule has 2 aromatic heterocycles. The number of hydrogen-bond donors (Lipinski definition) is 1. The highest BCUT2D eigenvalue weighted by molar-refractivity contribution is 7.15. The molecule has 1 amide bonds. The fraction of sp³-hybridized carbons (Fsp3) is 0.455. The predicted octanol–water partition coefficient (Wildman–Crippen LogP) is 7.09. The zero-order valence-corrected chi connectivity index (χ0v) is 27.1. The first-order valence-corrected chi connectivity index (χ1v) is 16.1. The molecule has 0 fully saturated rings. The van der Waals surface area contributed by atoms with Crippen LogP contribution in [0.1, 0.15) is 91.7 Å². The van der Waals surface area contributed by atoms with Gasteiger partial charge in [0, 0.05) is 19.3 Å². The van der Waals surface area contributed by atoms with Crippen LogP contribution in [0.2, 0.25) is 0 Å². The van der Waals surface area contributed by atoms with Gasteiger partial charge in [0.15, 0.2) is 0 Å². The maximum atomic E-state index is 12.6. The van der Waals surface area contributed by atoms with Gasteiger partial charge in [0.25, 0.3) is 0 Å². The Morgan fingerprint density at radius 2 is 1.10 bits per heavy atom. The molecule has 0 aliphatic rings. The number of carbonyl (C=O) groups is 2.